The van der Waals surface area contributed by atoms with Crippen molar-refractivity contribution in [3.63, 3.8) is 0 Å². The summed E-state index contributed by atoms with van der Waals surface area (Å²) in [6.07, 6.45) is 1.53. The van der Waals surface area contributed by atoms with E-state index in [1.54, 1.807) is 6.92 Å². The molecule has 0 unspecified atom stereocenters. The highest BCUT2D eigenvalue weighted by Gasteiger charge is 2.24. The fourth-order valence-corrected chi connectivity index (χ4v) is 2.66. The van der Waals surface area contributed by atoms with Gasteiger partial charge >= 0.3 is 5.97 Å². The predicted molar refractivity (Wildman–Crippen MR) is 82.9 cm³/mol. The molecule has 3 rings (SSSR count). The van der Waals surface area contributed by atoms with E-state index in [1.807, 2.05) is 29.2 Å². The Morgan fingerprint density at radius 2 is 2.23 bits per heavy atom. The van der Waals surface area contributed by atoms with E-state index in [-0.39, 0.29) is 12.5 Å². The van der Waals surface area contributed by atoms with Crippen LogP contribution in [0.1, 0.15) is 17.3 Å². The summed E-state index contributed by atoms with van der Waals surface area (Å²) in [5, 5.41) is 3.64. The Kier molecular flexibility index (Phi) is 3.91. The molecule has 2 heterocycles. The number of rotatable bonds is 3. The minimum Gasteiger partial charge on any atom is -0.462 e. The second-order valence-electron chi connectivity index (χ2n) is 5.03. The van der Waals surface area contributed by atoms with Crippen LogP contribution in [-0.2, 0) is 9.53 Å². The number of carbonyl (C=O) groups is 2. The van der Waals surface area contributed by atoms with Gasteiger partial charge in [-0.25, -0.2) is 4.79 Å². The molecule has 1 N–H and O–H groups in total. The second-order valence-corrected chi connectivity index (χ2v) is 5.03. The minimum atomic E-state index is -0.415. The Bertz CT molecular complexity index is 730. The number of ether oxygens (including phenoxy) is 1. The summed E-state index contributed by atoms with van der Waals surface area (Å²) < 4.78 is 5.13. The van der Waals surface area contributed by atoms with Gasteiger partial charge in [0.05, 0.1) is 24.4 Å². The van der Waals surface area contributed by atoms with E-state index < -0.39 is 5.97 Å². The number of hydrogen-bond acceptors (Lipinski definition) is 5. The summed E-state index contributed by atoms with van der Waals surface area (Å²) in [6.45, 7) is 3.48. The smallest absolute Gasteiger partial charge is 0.341 e. The molecule has 114 valence electrons. The monoisotopic (exact) mass is 299 g/mol. The van der Waals surface area contributed by atoms with Gasteiger partial charge in [-0.2, -0.15) is 0 Å². The lowest BCUT2D eigenvalue weighted by atomic mass is 10.1. The predicted octanol–water partition coefficient (Wildman–Crippen LogP) is 1.35. The molecule has 2 aromatic rings. The molecule has 1 aliphatic rings. The molecule has 6 nitrogen and oxygen atoms in total. The Morgan fingerprint density at radius 3 is 3.00 bits per heavy atom. The lowest BCUT2D eigenvalue weighted by Gasteiger charge is -2.30. The highest BCUT2D eigenvalue weighted by Crippen LogP contribution is 2.30. The Hall–Kier alpha value is -2.63. The van der Waals surface area contributed by atoms with Crippen LogP contribution in [0.3, 0.4) is 0 Å². The molecular weight excluding hydrogens is 282 g/mol. The SMILES string of the molecule is CCOC(=O)c1cnc2ccccc2c1N1CCNC(=O)C1. The van der Waals surface area contributed by atoms with Crippen molar-refractivity contribution in [2.45, 2.75) is 6.92 Å². The highest BCUT2D eigenvalue weighted by atomic mass is 16.5. The lowest BCUT2D eigenvalue weighted by Crippen LogP contribution is -2.48. The van der Waals surface area contributed by atoms with Crippen LogP contribution in [0.4, 0.5) is 5.69 Å². The Morgan fingerprint density at radius 1 is 1.41 bits per heavy atom. The van der Waals surface area contributed by atoms with Crippen LogP contribution in [0.5, 0.6) is 0 Å². The molecule has 1 fully saturated rings. The number of pyridine rings is 1. The molecular formula is C16H17N3O3. The number of anilines is 1. The first-order chi connectivity index (χ1) is 10.7. The number of nitrogens with zero attached hydrogens (tertiary/aromatic N) is 2. The summed E-state index contributed by atoms with van der Waals surface area (Å²) >= 11 is 0. The average molecular weight is 299 g/mol. The van der Waals surface area contributed by atoms with Gasteiger partial charge in [0.15, 0.2) is 0 Å². The largest absolute Gasteiger partial charge is 0.462 e. The summed E-state index contributed by atoms with van der Waals surface area (Å²) in [7, 11) is 0. The molecule has 0 spiro atoms. The first kappa shape index (κ1) is 14.3. The molecule has 1 aliphatic heterocycles. The molecule has 1 saturated heterocycles. The summed E-state index contributed by atoms with van der Waals surface area (Å²) in [4.78, 5) is 30.2. The molecule has 6 heteroatoms. The maximum atomic E-state index is 12.2. The van der Waals surface area contributed by atoms with Crippen LogP contribution in [-0.4, -0.2) is 43.1 Å². The van der Waals surface area contributed by atoms with Gasteiger partial charge in [-0.05, 0) is 13.0 Å². The molecule has 1 amide bonds. The average Bonchev–Trinajstić information content (AvgIpc) is 2.54. The van der Waals surface area contributed by atoms with E-state index >= 15 is 0 Å². The first-order valence-corrected chi connectivity index (χ1v) is 7.27. The molecule has 1 aromatic heterocycles. The Labute approximate surface area is 128 Å². The Balaban J connectivity index is 2.15. The maximum absolute atomic E-state index is 12.2. The van der Waals surface area contributed by atoms with Crippen LogP contribution < -0.4 is 10.2 Å². The number of amides is 1. The minimum absolute atomic E-state index is 0.0537. The zero-order chi connectivity index (χ0) is 15.5. The van der Waals surface area contributed by atoms with Gasteiger partial charge in [-0.1, -0.05) is 18.2 Å². The zero-order valence-electron chi connectivity index (χ0n) is 12.3. The van der Waals surface area contributed by atoms with Gasteiger partial charge in [0.1, 0.15) is 5.56 Å². The van der Waals surface area contributed by atoms with Gasteiger partial charge in [0, 0.05) is 24.7 Å². The quantitative estimate of drug-likeness (QED) is 0.866. The molecule has 22 heavy (non-hydrogen) atoms. The summed E-state index contributed by atoms with van der Waals surface area (Å²) in [5.41, 5.74) is 1.91. The molecule has 0 radical (unpaired) electrons. The normalized spacial score (nSPS) is 14.8. The number of fused-ring (bicyclic) bond motifs is 1. The third kappa shape index (κ3) is 2.59. The van der Waals surface area contributed by atoms with Crippen LogP contribution in [0.15, 0.2) is 30.5 Å². The van der Waals surface area contributed by atoms with E-state index in [9.17, 15) is 9.59 Å². The van der Waals surface area contributed by atoms with Gasteiger partial charge in [0.25, 0.3) is 0 Å². The molecule has 0 bridgehead atoms. The highest BCUT2D eigenvalue weighted by molar-refractivity contribution is 6.06. The van der Waals surface area contributed by atoms with Crippen LogP contribution >= 0.6 is 0 Å². The van der Waals surface area contributed by atoms with Crippen molar-refractivity contribution < 1.29 is 14.3 Å². The number of nitrogens with one attached hydrogen (secondary N) is 1. The fraction of sp³-hybridized carbons (Fsp3) is 0.312. The number of hydrogen-bond donors (Lipinski definition) is 1. The van der Waals surface area contributed by atoms with Crippen molar-refractivity contribution in [3.8, 4) is 0 Å². The molecule has 0 aliphatic carbocycles. The summed E-state index contributed by atoms with van der Waals surface area (Å²) in [6, 6.07) is 7.59. The molecule has 0 saturated carbocycles. The van der Waals surface area contributed by atoms with Crippen molar-refractivity contribution in [1.29, 1.82) is 0 Å². The standard InChI is InChI=1S/C16H17N3O3/c1-2-22-16(21)12-9-18-13-6-4-3-5-11(13)15(12)19-8-7-17-14(20)10-19/h3-6,9H,2,7-8,10H2,1H3,(H,17,20). The number of aromatic nitrogens is 1. The lowest BCUT2D eigenvalue weighted by molar-refractivity contribution is -0.120. The van der Waals surface area contributed by atoms with Crippen LogP contribution in [0.25, 0.3) is 10.9 Å². The van der Waals surface area contributed by atoms with E-state index in [4.69, 9.17) is 4.74 Å². The second kappa shape index (κ2) is 6.01. The van der Waals surface area contributed by atoms with Crippen molar-refractivity contribution in [2.75, 3.05) is 31.1 Å². The van der Waals surface area contributed by atoms with Gasteiger partial charge < -0.3 is 15.0 Å². The van der Waals surface area contributed by atoms with E-state index in [1.165, 1.54) is 6.20 Å². The molecule has 1 aromatic carbocycles. The van der Waals surface area contributed by atoms with Crippen molar-refractivity contribution in [2.24, 2.45) is 0 Å². The van der Waals surface area contributed by atoms with E-state index in [0.717, 1.165) is 16.6 Å². The van der Waals surface area contributed by atoms with Crippen molar-refractivity contribution in [1.82, 2.24) is 10.3 Å². The summed E-state index contributed by atoms with van der Waals surface area (Å²) in [5.74, 6) is -0.469. The van der Waals surface area contributed by atoms with Crippen molar-refractivity contribution >= 4 is 28.5 Å². The molecule has 0 atom stereocenters. The first-order valence-electron chi connectivity index (χ1n) is 7.27. The van der Waals surface area contributed by atoms with Crippen molar-refractivity contribution in [3.05, 3.63) is 36.0 Å². The topological polar surface area (TPSA) is 71.5 Å². The number of benzene rings is 1. The number of carbonyl (C=O) groups excluding carboxylic acids is 2. The third-order valence-corrected chi connectivity index (χ3v) is 3.60. The fourth-order valence-electron chi connectivity index (χ4n) is 2.66. The van der Waals surface area contributed by atoms with Gasteiger partial charge in [-0.15, -0.1) is 0 Å². The third-order valence-electron chi connectivity index (χ3n) is 3.60. The van der Waals surface area contributed by atoms with E-state index in [2.05, 4.69) is 10.3 Å². The van der Waals surface area contributed by atoms with E-state index in [0.29, 0.717) is 25.3 Å². The number of para-hydroxylation sites is 1. The maximum Gasteiger partial charge on any atom is 0.341 e. The number of piperazine rings is 1. The van der Waals surface area contributed by atoms with Crippen LogP contribution in [0.2, 0.25) is 0 Å². The van der Waals surface area contributed by atoms with Gasteiger partial charge in [0.2, 0.25) is 5.91 Å². The van der Waals surface area contributed by atoms with Gasteiger partial charge in [-0.3, -0.25) is 9.78 Å². The number of esters is 1. The van der Waals surface area contributed by atoms with Crippen LogP contribution in [0, 0.1) is 0 Å². The zero-order valence-corrected chi connectivity index (χ0v) is 12.3.